The smallest absolute Gasteiger partial charge is 0.0179 e. The first-order chi connectivity index (χ1) is 3.38. The lowest BCUT2D eigenvalue weighted by Gasteiger charge is -1.82. The first-order valence-corrected chi connectivity index (χ1v) is 3.23. The van der Waals surface area contributed by atoms with Gasteiger partial charge in [-0.2, -0.15) is 0 Å². The van der Waals surface area contributed by atoms with Crippen LogP contribution in [0.1, 0.15) is 26.2 Å². The van der Waals surface area contributed by atoms with Crippen molar-refractivity contribution < 1.29 is 0 Å². The van der Waals surface area contributed by atoms with Gasteiger partial charge in [-0.1, -0.05) is 6.92 Å². The highest BCUT2D eigenvalue weighted by molar-refractivity contribution is 5.19. The fourth-order valence-corrected chi connectivity index (χ4v) is 1.32. The zero-order valence-electron chi connectivity index (χ0n) is 4.78. The van der Waals surface area contributed by atoms with Crippen molar-refractivity contribution in [2.45, 2.75) is 26.2 Å². The van der Waals surface area contributed by atoms with Gasteiger partial charge in [0.2, 0.25) is 0 Å². The summed E-state index contributed by atoms with van der Waals surface area (Å²) in [7, 11) is 0. The van der Waals surface area contributed by atoms with Gasteiger partial charge in [-0.25, -0.2) is 0 Å². The molecule has 0 amide bonds. The Morgan fingerprint density at radius 1 is 1.43 bits per heavy atom. The summed E-state index contributed by atoms with van der Waals surface area (Å²) in [6.07, 6.45) is 4.49. The standard InChI is InChI=1S/C7H11/c1-5-4-7(5)6-2-3-6/h5-6H,2-4H2,1H3. The van der Waals surface area contributed by atoms with Gasteiger partial charge in [0, 0.05) is 0 Å². The largest absolute Gasteiger partial charge is 0.0619 e. The normalized spacial score (nSPS) is 41.6. The van der Waals surface area contributed by atoms with Crippen LogP contribution < -0.4 is 0 Å². The van der Waals surface area contributed by atoms with E-state index in [4.69, 9.17) is 0 Å². The third kappa shape index (κ3) is 0.568. The number of hydrogen-bond acceptors (Lipinski definition) is 0. The van der Waals surface area contributed by atoms with Crippen LogP contribution in [0.25, 0.3) is 0 Å². The number of rotatable bonds is 1. The molecule has 0 heterocycles. The summed E-state index contributed by atoms with van der Waals surface area (Å²) < 4.78 is 0. The lowest BCUT2D eigenvalue weighted by Crippen LogP contribution is -1.74. The van der Waals surface area contributed by atoms with Gasteiger partial charge in [-0.05, 0) is 37.0 Å². The molecule has 7 heavy (non-hydrogen) atoms. The summed E-state index contributed by atoms with van der Waals surface area (Å²) in [6.45, 7) is 2.34. The molecule has 2 rings (SSSR count). The molecule has 2 fully saturated rings. The quantitative estimate of drug-likeness (QED) is 0.467. The number of hydrogen-bond donors (Lipinski definition) is 0. The van der Waals surface area contributed by atoms with Crippen molar-refractivity contribution in [3.05, 3.63) is 5.92 Å². The van der Waals surface area contributed by atoms with Crippen molar-refractivity contribution in [3.8, 4) is 0 Å². The highest BCUT2D eigenvalue weighted by atomic mass is 14.5. The van der Waals surface area contributed by atoms with Crippen molar-refractivity contribution in [1.82, 2.24) is 0 Å². The van der Waals surface area contributed by atoms with Crippen molar-refractivity contribution in [2.75, 3.05) is 0 Å². The van der Waals surface area contributed by atoms with E-state index in [9.17, 15) is 0 Å². The van der Waals surface area contributed by atoms with Gasteiger partial charge in [0.25, 0.3) is 0 Å². The molecule has 1 radical (unpaired) electrons. The molecule has 0 spiro atoms. The zero-order chi connectivity index (χ0) is 4.85. The summed E-state index contributed by atoms with van der Waals surface area (Å²) in [5, 5.41) is 0. The summed E-state index contributed by atoms with van der Waals surface area (Å²) in [6, 6.07) is 0. The molecule has 0 N–H and O–H groups in total. The van der Waals surface area contributed by atoms with Crippen LogP contribution in [0, 0.1) is 17.8 Å². The van der Waals surface area contributed by atoms with Crippen LogP contribution in [-0.2, 0) is 0 Å². The van der Waals surface area contributed by atoms with E-state index in [-0.39, 0.29) is 0 Å². The van der Waals surface area contributed by atoms with E-state index in [1.165, 1.54) is 19.3 Å². The average Bonchev–Trinajstić information content (AvgIpc) is 2.23. The Morgan fingerprint density at radius 2 is 2.00 bits per heavy atom. The third-order valence-corrected chi connectivity index (χ3v) is 2.12. The maximum Gasteiger partial charge on any atom is -0.0179 e. The SMILES string of the molecule is CC1C[C]1C1CC1. The second-order valence-electron chi connectivity index (χ2n) is 2.95. The van der Waals surface area contributed by atoms with E-state index in [0.29, 0.717) is 0 Å². The summed E-state index contributed by atoms with van der Waals surface area (Å²) in [4.78, 5) is 0. The van der Waals surface area contributed by atoms with Crippen LogP contribution in [0.5, 0.6) is 0 Å². The van der Waals surface area contributed by atoms with Crippen LogP contribution in [-0.4, -0.2) is 0 Å². The van der Waals surface area contributed by atoms with Crippen LogP contribution in [0.15, 0.2) is 0 Å². The zero-order valence-corrected chi connectivity index (χ0v) is 4.78. The molecule has 2 aliphatic carbocycles. The average molecular weight is 95.2 g/mol. The molecule has 0 saturated heterocycles. The maximum atomic E-state index is 2.34. The molecule has 0 nitrogen and oxygen atoms in total. The highest BCUT2D eigenvalue weighted by Gasteiger charge is 2.44. The van der Waals surface area contributed by atoms with Crippen LogP contribution in [0.3, 0.4) is 0 Å². The van der Waals surface area contributed by atoms with Gasteiger partial charge in [-0.15, -0.1) is 0 Å². The van der Waals surface area contributed by atoms with Crippen LogP contribution in [0.4, 0.5) is 0 Å². The van der Waals surface area contributed by atoms with Crippen LogP contribution in [0.2, 0.25) is 0 Å². The van der Waals surface area contributed by atoms with Gasteiger partial charge in [-0.3, -0.25) is 0 Å². The molecule has 39 valence electrons. The molecule has 2 saturated carbocycles. The Hall–Kier alpha value is 0. The summed E-state index contributed by atoms with van der Waals surface area (Å²) >= 11 is 0. The van der Waals surface area contributed by atoms with Gasteiger partial charge < -0.3 is 0 Å². The summed E-state index contributed by atoms with van der Waals surface area (Å²) in [5.74, 6) is 4.00. The first kappa shape index (κ1) is 3.94. The molecule has 0 aromatic rings. The van der Waals surface area contributed by atoms with Gasteiger partial charge in [0.05, 0.1) is 0 Å². The molecule has 0 bridgehead atoms. The highest BCUT2D eigenvalue weighted by Crippen LogP contribution is 2.55. The van der Waals surface area contributed by atoms with E-state index < -0.39 is 0 Å². The fourth-order valence-electron chi connectivity index (χ4n) is 1.32. The van der Waals surface area contributed by atoms with Crippen molar-refractivity contribution in [1.29, 1.82) is 0 Å². The van der Waals surface area contributed by atoms with Crippen molar-refractivity contribution in [3.63, 3.8) is 0 Å². The molecule has 0 aliphatic heterocycles. The Balaban J connectivity index is 1.88. The second-order valence-corrected chi connectivity index (χ2v) is 2.95. The van der Waals surface area contributed by atoms with Gasteiger partial charge in [0.1, 0.15) is 0 Å². The molecular weight excluding hydrogens is 84.1 g/mol. The van der Waals surface area contributed by atoms with E-state index >= 15 is 0 Å². The first-order valence-electron chi connectivity index (χ1n) is 3.23. The molecule has 1 atom stereocenters. The molecule has 2 aliphatic rings. The van der Waals surface area contributed by atoms with E-state index in [2.05, 4.69) is 6.92 Å². The lowest BCUT2D eigenvalue weighted by molar-refractivity contribution is 0.885. The van der Waals surface area contributed by atoms with E-state index in [1.807, 2.05) is 5.92 Å². The Bertz CT molecular complexity index is 82.0. The Kier molecular flexibility index (Phi) is 0.586. The summed E-state index contributed by atoms with van der Waals surface area (Å²) in [5.41, 5.74) is 0. The van der Waals surface area contributed by atoms with E-state index in [0.717, 1.165) is 11.8 Å². The second kappa shape index (κ2) is 1.04. The predicted molar refractivity (Wildman–Crippen MR) is 29.7 cm³/mol. The molecule has 0 heteroatoms. The lowest BCUT2D eigenvalue weighted by atomic mass is 10.2. The molecular formula is C7H11. The van der Waals surface area contributed by atoms with Gasteiger partial charge >= 0.3 is 0 Å². The van der Waals surface area contributed by atoms with Crippen LogP contribution >= 0.6 is 0 Å². The fraction of sp³-hybridized carbons (Fsp3) is 0.857. The minimum Gasteiger partial charge on any atom is -0.0619 e. The minimum atomic E-state index is 1.02. The van der Waals surface area contributed by atoms with Gasteiger partial charge in [0.15, 0.2) is 0 Å². The van der Waals surface area contributed by atoms with E-state index in [1.54, 1.807) is 0 Å². The maximum absolute atomic E-state index is 2.34. The third-order valence-electron chi connectivity index (χ3n) is 2.12. The topological polar surface area (TPSA) is 0 Å². The minimum absolute atomic E-state index is 1.02. The molecule has 1 unspecified atom stereocenters. The Morgan fingerprint density at radius 3 is 2.14 bits per heavy atom. The van der Waals surface area contributed by atoms with Crippen molar-refractivity contribution in [2.24, 2.45) is 11.8 Å². The monoisotopic (exact) mass is 95.1 g/mol. The predicted octanol–water partition coefficient (Wildman–Crippen LogP) is 2.01. The molecule has 0 aromatic heterocycles. The molecule has 0 aromatic carbocycles. The van der Waals surface area contributed by atoms with Crippen molar-refractivity contribution >= 4 is 0 Å². The Labute approximate surface area is 44.9 Å².